The van der Waals surface area contributed by atoms with Crippen LogP contribution >= 0.6 is 27.5 Å². The van der Waals surface area contributed by atoms with Gasteiger partial charge in [0.25, 0.3) is 0 Å². The monoisotopic (exact) mass is 419 g/mol. The van der Waals surface area contributed by atoms with E-state index in [9.17, 15) is 4.79 Å². The van der Waals surface area contributed by atoms with Gasteiger partial charge < -0.3 is 10.1 Å². The summed E-state index contributed by atoms with van der Waals surface area (Å²) in [5.41, 5.74) is 1.58. The van der Waals surface area contributed by atoms with E-state index in [1.807, 2.05) is 36.4 Å². The lowest BCUT2D eigenvalue weighted by Gasteiger charge is -2.38. The smallest absolute Gasteiger partial charge is 0.244 e. The number of amides is 1. The van der Waals surface area contributed by atoms with Crippen molar-refractivity contribution in [1.29, 1.82) is 0 Å². The van der Waals surface area contributed by atoms with E-state index in [2.05, 4.69) is 33.4 Å². The molecule has 1 amide bonds. The Labute approximate surface area is 161 Å². The van der Waals surface area contributed by atoms with Gasteiger partial charge in [-0.1, -0.05) is 51.8 Å². The first-order chi connectivity index (χ1) is 12.1. The quantitative estimate of drug-likeness (QED) is 0.712. The predicted octanol–water partition coefficient (Wildman–Crippen LogP) is 4.94. The molecule has 0 aliphatic carbocycles. The molecule has 0 unspecified atom stereocenters. The van der Waals surface area contributed by atoms with Crippen molar-refractivity contribution in [1.82, 2.24) is 5.32 Å². The Balaban J connectivity index is 1.79. The van der Waals surface area contributed by atoms with Gasteiger partial charge in [-0.05, 0) is 54.3 Å². The van der Waals surface area contributed by atoms with Gasteiger partial charge in [0.2, 0.25) is 5.91 Å². The molecular weight excluding hydrogens is 402 g/mol. The minimum Gasteiger partial charge on any atom is -0.381 e. The van der Waals surface area contributed by atoms with Crippen LogP contribution in [0.4, 0.5) is 0 Å². The van der Waals surface area contributed by atoms with E-state index in [0.29, 0.717) is 18.2 Å². The maximum absolute atomic E-state index is 12.5. The molecule has 0 spiro atoms. The second-order valence-corrected chi connectivity index (χ2v) is 7.43. The average molecular weight is 421 g/mol. The van der Waals surface area contributed by atoms with Crippen molar-refractivity contribution in [3.63, 3.8) is 0 Å². The van der Waals surface area contributed by atoms with Gasteiger partial charge in [0.05, 0.1) is 5.54 Å². The number of hydrogen-bond donors (Lipinski definition) is 1. The topological polar surface area (TPSA) is 38.3 Å². The molecule has 1 aliphatic heterocycles. The van der Waals surface area contributed by atoms with Crippen LogP contribution in [0.25, 0.3) is 6.08 Å². The molecule has 1 N–H and O–H groups in total. The summed E-state index contributed by atoms with van der Waals surface area (Å²) in [6.07, 6.45) is 4.83. The molecule has 1 saturated heterocycles. The average Bonchev–Trinajstić information content (AvgIpc) is 2.61. The summed E-state index contributed by atoms with van der Waals surface area (Å²) in [4.78, 5) is 12.5. The summed E-state index contributed by atoms with van der Waals surface area (Å²) in [5.74, 6) is -0.123. The normalized spacial score (nSPS) is 16.7. The molecule has 0 radical (unpaired) electrons. The third kappa shape index (κ3) is 4.72. The van der Waals surface area contributed by atoms with Gasteiger partial charge in [0.15, 0.2) is 0 Å². The Morgan fingerprint density at radius 3 is 2.64 bits per heavy atom. The lowest BCUT2D eigenvalue weighted by Crippen LogP contribution is -2.49. The number of carbonyl (C=O) groups excluding carboxylic acids is 1. The summed E-state index contributed by atoms with van der Waals surface area (Å²) in [7, 11) is 0. The minimum absolute atomic E-state index is 0.123. The zero-order chi connectivity index (χ0) is 17.7. The van der Waals surface area contributed by atoms with Crippen LogP contribution in [-0.4, -0.2) is 19.1 Å². The highest BCUT2D eigenvalue weighted by Crippen LogP contribution is 2.33. The molecule has 3 rings (SSSR count). The van der Waals surface area contributed by atoms with Gasteiger partial charge in [-0.3, -0.25) is 4.79 Å². The molecule has 2 aromatic carbocycles. The van der Waals surface area contributed by atoms with Gasteiger partial charge in [0.1, 0.15) is 0 Å². The Bertz CT molecular complexity index is 785. The molecule has 0 atom stereocenters. The number of ether oxygens (including phenoxy) is 1. The van der Waals surface area contributed by atoms with Gasteiger partial charge in [-0.2, -0.15) is 0 Å². The van der Waals surface area contributed by atoms with E-state index in [4.69, 9.17) is 16.3 Å². The molecule has 5 heteroatoms. The molecule has 1 fully saturated rings. The molecule has 1 aliphatic rings. The first-order valence-electron chi connectivity index (χ1n) is 8.17. The van der Waals surface area contributed by atoms with E-state index < -0.39 is 5.54 Å². The van der Waals surface area contributed by atoms with E-state index in [1.165, 1.54) is 0 Å². The van der Waals surface area contributed by atoms with E-state index in [0.717, 1.165) is 28.4 Å². The van der Waals surface area contributed by atoms with Gasteiger partial charge in [0, 0.05) is 28.8 Å². The molecule has 2 aromatic rings. The first-order valence-corrected chi connectivity index (χ1v) is 9.34. The van der Waals surface area contributed by atoms with Crippen LogP contribution in [-0.2, 0) is 15.1 Å². The van der Waals surface area contributed by atoms with Crippen LogP contribution < -0.4 is 5.32 Å². The summed E-state index contributed by atoms with van der Waals surface area (Å²) in [6.45, 7) is 1.26. The minimum atomic E-state index is -0.405. The highest BCUT2D eigenvalue weighted by atomic mass is 79.9. The van der Waals surface area contributed by atoms with Crippen LogP contribution in [0.3, 0.4) is 0 Å². The van der Waals surface area contributed by atoms with E-state index >= 15 is 0 Å². The van der Waals surface area contributed by atoms with Crippen LogP contribution in [0, 0.1) is 0 Å². The standard InChI is InChI=1S/C20H19BrClNO2/c21-17-5-2-4-16(14-17)20(9-11-25-12-10-20)23-19(24)8-7-15-3-1-6-18(22)13-15/h1-8,13-14H,9-12H2,(H,23,24)/b8-7+. The third-order valence-electron chi connectivity index (χ3n) is 4.36. The van der Waals surface area contributed by atoms with Gasteiger partial charge in [-0.15, -0.1) is 0 Å². The molecule has 3 nitrogen and oxygen atoms in total. The molecule has 0 saturated carbocycles. The number of hydrogen-bond acceptors (Lipinski definition) is 2. The molecule has 25 heavy (non-hydrogen) atoms. The van der Waals surface area contributed by atoms with Crippen LogP contribution in [0.15, 0.2) is 59.1 Å². The summed E-state index contributed by atoms with van der Waals surface area (Å²) in [5, 5.41) is 3.85. The molecular formula is C20H19BrClNO2. The number of carbonyl (C=O) groups is 1. The second kappa shape index (κ2) is 8.17. The van der Waals surface area contributed by atoms with E-state index in [1.54, 1.807) is 12.2 Å². The number of benzene rings is 2. The highest BCUT2D eigenvalue weighted by Gasteiger charge is 2.35. The zero-order valence-corrected chi connectivity index (χ0v) is 16.0. The molecule has 130 valence electrons. The summed E-state index contributed by atoms with van der Waals surface area (Å²) in [6, 6.07) is 15.5. The van der Waals surface area contributed by atoms with Crippen molar-refractivity contribution in [2.75, 3.05) is 13.2 Å². The lowest BCUT2D eigenvalue weighted by molar-refractivity contribution is -0.119. The lowest BCUT2D eigenvalue weighted by atomic mass is 9.82. The molecule has 1 heterocycles. The first kappa shape index (κ1) is 18.2. The number of nitrogens with one attached hydrogen (secondary N) is 1. The van der Waals surface area contributed by atoms with Crippen molar-refractivity contribution in [3.05, 3.63) is 75.2 Å². The van der Waals surface area contributed by atoms with Crippen molar-refractivity contribution in [2.45, 2.75) is 18.4 Å². The fourth-order valence-corrected chi connectivity index (χ4v) is 3.65. The van der Waals surface area contributed by atoms with Crippen molar-refractivity contribution < 1.29 is 9.53 Å². The Kier molecular flexibility index (Phi) is 5.94. The Hall–Kier alpha value is -1.62. The molecule has 0 bridgehead atoms. The Morgan fingerprint density at radius 2 is 1.92 bits per heavy atom. The number of rotatable bonds is 4. The maximum Gasteiger partial charge on any atom is 0.244 e. The second-order valence-electron chi connectivity index (χ2n) is 6.08. The SMILES string of the molecule is O=C(/C=C/c1cccc(Cl)c1)NC1(c2cccc(Br)c2)CCOCC1. The van der Waals surface area contributed by atoms with Crippen molar-refractivity contribution in [2.24, 2.45) is 0 Å². The zero-order valence-electron chi connectivity index (χ0n) is 13.7. The largest absolute Gasteiger partial charge is 0.381 e. The fraction of sp³-hybridized carbons (Fsp3) is 0.250. The maximum atomic E-state index is 12.5. The fourth-order valence-electron chi connectivity index (χ4n) is 3.05. The van der Waals surface area contributed by atoms with Crippen LogP contribution in [0.1, 0.15) is 24.0 Å². The predicted molar refractivity (Wildman–Crippen MR) is 105 cm³/mol. The summed E-state index contributed by atoms with van der Waals surface area (Å²) >= 11 is 9.50. The van der Waals surface area contributed by atoms with Crippen molar-refractivity contribution >= 4 is 39.5 Å². The van der Waals surface area contributed by atoms with Gasteiger partial charge >= 0.3 is 0 Å². The highest BCUT2D eigenvalue weighted by molar-refractivity contribution is 9.10. The van der Waals surface area contributed by atoms with Crippen LogP contribution in [0.5, 0.6) is 0 Å². The van der Waals surface area contributed by atoms with Crippen LogP contribution in [0.2, 0.25) is 5.02 Å². The summed E-state index contributed by atoms with van der Waals surface area (Å²) < 4.78 is 6.50. The van der Waals surface area contributed by atoms with Gasteiger partial charge in [-0.25, -0.2) is 0 Å². The Morgan fingerprint density at radius 1 is 1.16 bits per heavy atom. The third-order valence-corrected chi connectivity index (χ3v) is 5.09. The van der Waals surface area contributed by atoms with Crippen molar-refractivity contribution in [3.8, 4) is 0 Å². The van der Waals surface area contributed by atoms with E-state index in [-0.39, 0.29) is 5.91 Å². The number of halogens is 2. The molecule has 0 aromatic heterocycles.